The van der Waals surface area contributed by atoms with E-state index in [2.05, 4.69) is 13.2 Å². The Labute approximate surface area is 114 Å². The Morgan fingerprint density at radius 3 is 1.89 bits per heavy atom. The normalized spacial score (nSPS) is 8.94. The molecule has 0 saturated carbocycles. The molecule has 0 saturated heterocycles. The number of alkyl halides is 1. The lowest BCUT2D eigenvalue weighted by Gasteiger charge is -1.98. The molecule has 0 fully saturated rings. The zero-order chi connectivity index (χ0) is 13.2. The summed E-state index contributed by atoms with van der Waals surface area (Å²) in [7, 11) is 0. The van der Waals surface area contributed by atoms with Gasteiger partial charge in [-0.2, -0.15) is 0 Å². The molecule has 0 nitrogen and oxygen atoms in total. The molecule has 92 valence electrons. The number of halogens is 1. The maximum atomic E-state index is 5.66. The number of hydrogen-bond donors (Lipinski definition) is 0. The van der Waals surface area contributed by atoms with Gasteiger partial charge in [-0.3, -0.25) is 0 Å². The minimum absolute atomic E-state index is 0.558. The number of benzene rings is 2. The SMILES string of the molecule is C=Cc1ccccc1.C=Cc1ccccc1CCl. The van der Waals surface area contributed by atoms with E-state index in [-0.39, 0.29) is 0 Å². The molecular formula is C17H17Cl. The maximum Gasteiger partial charge on any atom is 0.0479 e. The molecule has 0 bridgehead atoms. The van der Waals surface area contributed by atoms with Crippen LogP contribution < -0.4 is 0 Å². The molecule has 0 radical (unpaired) electrons. The van der Waals surface area contributed by atoms with Gasteiger partial charge in [0.2, 0.25) is 0 Å². The molecule has 0 amide bonds. The van der Waals surface area contributed by atoms with Crippen LogP contribution in [0.5, 0.6) is 0 Å². The molecule has 18 heavy (non-hydrogen) atoms. The summed E-state index contributed by atoms with van der Waals surface area (Å²) >= 11 is 5.66. The van der Waals surface area contributed by atoms with Crippen molar-refractivity contribution in [2.24, 2.45) is 0 Å². The molecule has 0 aliphatic carbocycles. The molecule has 1 heteroatoms. The predicted octanol–water partition coefficient (Wildman–Crippen LogP) is 5.40. The summed E-state index contributed by atoms with van der Waals surface area (Å²) in [5.74, 6) is 0.558. The first-order valence-corrected chi connectivity index (χ1v) is 6.29. The zero-order valence-corrected chi connectivity index (χ0v) is 11.1. The highest BCUT2D eigenvalue weighted by atomic mass is 35.5. The molecule has 0 heterocycles. The highest BCUT2D eigenvalue weighted by molar-refractivity contribution is 6.17. The number of rotatable bonds is 3. The van der Waals surface area contributed by atoms with Gasteiger partial charge in [0.1, 0.15) is 0 Å². The second-order valence-electron chi connectivity index (χ2n) is 3.65. The van der Waals surface area contributed by atoms with Crippen LogP contribution in [-0.4, -0.2) is 0 Å². The fraction of sp³-hybridized carbons (Fsp3) is 0.0588. The van der Waals surface area contributed by atoms with Gasteiger partial charge in [0.25, 0.3) is 0 Å². The lowest BCUT2D eigenvalue weighted by atomic mass is 10.1. The third-order valence-electron chi connectivity index (χ3n) is 2.45. The Bertz CT molecular complexity index is 486. The predicted molar refractivity (Wildman–Crippen MR) is 82.6 cm³/mol. The van der Waals surface area contributed by atoms with Crippen LogP contribution in [0.1, 0.15) is 16.7 Å². The van der Waals surface area contributed by atoms with Gasteiger partial charge in [-0.25, -0.2) is 0 Å². The molecule has 0 aliphatic heterocycles. The van der Waals surface area contributed by atoms with Gasteiger partial charge in [-0.15, -0.1) is 11.6 Å². The molecule has 0 N–H and O–H groups in total. The molecule has 0 aromatic heterocycles. The van der Waals surface area contributed by atoms with Gasteiger partial charge < -0.3 is 0 Å². The van der Waals surface area contributed by atoms with Crippen LogP contribution in [-0.2, 0) is 5.88 Å². The first kappa shape index (κ1) is 14.3. The van der Waals surface area contributed by atoms with Gasteiger partial charge in [0, 0.05) is 5.88 Å². The number of hydrogen-bond acceptors (Lipinski definition) is 0. The van der Waals surface area contributed by atoms with E-state index >= 15 is 0 Å². The van der Waals surface area contributed by atoms with Crippen LogP contribution in [0.2, 0.25) is 0 Å². The van der Waals surface area contributed by atoms with E-state index in [0.717, 1.165) is 11.1 Å². The molecule has 2 aromatic rings. The average molecular weight is 257 g/mol. The first-order valence-electron chi connectivity index (χ1n) is 5.75. The molecule has 0 atom stereocenters. The van der Waals surface area contributed by atoms with Crippen molar-refractivity contribution in [3.8, 4) is 0 Å². The van der Waals surface area contributed by atoms with Crippen molar-refractivity contribution in [1.29, 1.82) is 0 Å². The molecule has 0 aliphatic rings. The van der Waals surface area contributed by atoms with Crippen LogP contribution in [0.25, 0.3) is 12.2 Å². The Balaban J connectivity index is 0.000000184. The largest absolute Gasteiger partial charge is 0.122 e. The van der Waals surface area contributed by atoms with Gasteiger partial charge in [0.05, 0.1) is 0 Å². The smallest absolute Gasteiger partial charge is 0.0479 e. The quantitative estimate of drug-likeness (QED) is 0.645. The standard InChI is InChI=1S/C9H9Cl.C8H8/c1-2-8-5-3-4-6-9(8)7-10;1-2-8-6-4-3-5-7-8/h2-6H,1,7H2;2-7H,1H2. The van der Waals surface area contributed by atoms with Crippen molar-refractivity contribution in [3.63, 3.8) is 0 Å². The maximum absolute atomic E-state index is 5.66. The van der Waals surface area contributed by atoms with Crippen LogP contribution >= 0.6 is 11.6 Å². The zero-order valence-electron chi connectivity index (χ0n) is 10.4. The van der Waals surface area contributed by atoms with Crippen LogP contribution in [0, 0.1) is 0 Å². The van der Waals surface area contributed by atoms with Crippen molar-refractivity contribution >= 4 is 23.8 Å². The molecular weight excluding hydrogens is 240 g/mol. The van der Waals surface area contributed by atoms with Gasteiger partial charge in [-0.05, 0) is 16.7 Å². The summed E-state index contributed by atoms with van der Waals surface area (Å²) in [6.45, 7) is 7.31. The monoisotopic (exact) mass is 256 g/mol. The minimum atomic E-state index is 0.558. The molecule has 0 spiro atoms. The van der Waals surface area contributed by atoms with Crippen molar-refractivity contribution < 1.29 is 0 Å². The Morgan fingerprint density at radius 2 is 1.44 bits per heavy atom. The first-order chi connectivity index (χ1) is 8.81. The molecule has 2 rings (SSSR count). The van der Waals surface area contributed by atoms with Crippen LogP contribution in [0.3, 0.4) is 0 Å². The summed E-state index contributed by atoms with van der Waals surface area (Å²) in [6.07, 6.45) is 3.65. The molecule has 0 unspecified atom stereocenters. The van der Waals surface area contributed by atoms with E-state index in [1.54, 1.807) is 0 Å². The van der Waals surface area contributed by atoms with Crippen LogP contribution in [0.15, 0.2) is 67.8 Å². The van der Waals surface area contributed by atoms with E-state index in [4.69, 9.17) is 11.6 Å². The summed E-state index contributed by atoms with van der Waals surface area (Å²) in [5, 5.41) is 0. The summed E-state index contributed by atoms with van der Waals surface area (Å²) < 4.78 is 0. The third kappa shape index (κ3) is 4.60. The second-order valence-corrected chi connectivity index (χ2v) is 3.92. The lowest BCUT2D eigenvalue weighted by Crippen LogP contribution is -1.81. The Kier molecular flexibility index (Phi) is 6.60. The van der Waals surface area contributed by atoms with E-state index in [1.165, 1.54) is 5.56 Å². The second kappa shape index (κ2) is 8.32. The third-order valence-corrected chi connectivity index (χ3v) is 2.74. The van der Waals surface area contributed by atoms with Gasteiger partial charge in [0.15, 0.2) is 0 Å². The highest BCUT2D eigenvalue weighted by Crippen LogP contribution is 2.11. The van der Waals surface area contributed by atoms with Crippen molar-refractivity contribution in [3.05, 3.63) is 84.4 Å². The average Bonchev–Trinajstić information content (AvgIpc) is 2.48. The van der Waals surface area contributed by atoms with E-state index in [1.807, 2.05) is 66.7 Å². The lowest BCUT2D eigenvalue weighted by molar-refractivity contribution is 1.38. The van der Waals surface area contributed by atoms with E-state index in [0.29, 0.717) is 5.88 Å². The Morgan fingerprint density at radius 1 is 0.833 bits per heavy atom. The highest BCUT2D eigenvalue weighted by Gasteiger charge is 1.93. The van der Waals surface area contributed by atoms with Crippen molar-refractivity contribution in [2.45, 2.75) is 5.88 Å². The fourth-order valence-electron chi connectivity index (χ4n) is 1.44. The Hall–Kier alpha value is -1.79. The van der Waals surface area contributed by atoms with Crippen molar-refractivity contribution in [2.75, 3.05) is 0 Å². The van der Waals surface area contributed by atoms with Crippen molar-refractivity contribution in [1.82, 2.24) is 0 Å². The van der Waals surface area contributed by atoms with E-state index in [9.17, 15) is 0 Å². The summed E-state index contributed by atoms with van der Waals surface area (Å²) in [6, 6.07) is 18.0. The summed E-state index contributed by atoms with van der Waals surface area (Å²) in [4.78, 5) is 0. The van der Waals surface area contributed by atoms with Crippen LogP contribution in [0.4, 0.5) is 0 Å². The van der Waals surface area contributed by atoms with Gasteiger partial charge >= 0.3 is 0 Å². The summed E-state index contributed by atoms with van der Waals surface area (Å²) in [5.41, 5.74) is 3.43. The van der Waals surface area contributed by atoms with E-state index < -0.39 is 0 Å². The van der Waals surface area contributed by atoms with Gasteiger partial charge in [-0.1, -0.05) is 79.9 Å². The minimum Gasteiger partial charge on any atom is -0.122 e. The molecule has 2 aromatic carbocycles. The fourth-order valence-corrected chi connectivity index (χ4v) is 1.69. The topological polar surface area (TPSA) is 0 Å².